The summed E-state index contributed by atoms with van der Waals surface area (Å²) in [6.07, 6.45) is -2.90. The molecular weight excluding hydrogens is 436 g/mol. The number of rotatable bonds is 3. The number of hydrogen-bond donors (Lipinski definition) is 0. The molecule has 0 bridgehead atoms. The van der Waals surface area contributed by atoms with Crippen LogP contribution in [0.2, 0.25) is 5.02 Å². The molecule has 0 fully saturated rings. The molecule has 0 radical (unpaired) electrons. The van der Waals surface area contributed by atoms with Gasteiger partial charge in [0.15, 0.2) is 17.3 Å². The highest BCUT2D eigenvalue weighted by Crippen LogP contribution is 2.56. The Morgan fingerprint density at radius 3 is 2.74 bits per heavy atom. The Balaban J connectivity index is 1.49. The molecule has 1 amide bonds. The van der Waals surface area contributed by atoms with E-state index in [0.29, 0.717) is 39.1 Å². The lowest BCUT2D eigenvalue weighted by molar-refractivity contribution is -0.122. The third-order valence-corrected chi connectivity index (χ3v) is 5.98. The third kappa shape index (κ3) is 2.42. The molecule has 6 rings (SSSR count). The minimum absolute atomic E-state index is 0.0197. The maximum Gasteiger partial charge on any atom is 0.315 e. The van der Waals surface area contributed by atoms with Crippen LogP contribution in [-0.2, 0) is 16.8 Å². The molecule has 0 aliphatic carbocycles. The number of hydrogen-bond acceptors (Lipinski definition) is 7. The Hall–Kier alpha value is -3.40. The van der Waals surface area contributed by atoms with Crippen molar-refractivity contribution in [1.29, 1.82) is 0 Å². The molecule has 0 N–H and O–H groups in total. The first kappa shape index (κ1) is 18.4. The van der Waals surface area contributed by atoms with E-state index in [-0.39, 0.29) is 31.7 Å². The van der Waals surface area contributed by atoms with Crippen LogP contribution < -0.4 is 19.1 Å². The highest BCUT2D eigenvalue weighted by atomic mass is 35.5. The van der Waals surface area contributed by atoms with Crippen molar-refractivity contribution in [3.8, 4) is 17.2 Å². The summed E-state index contributed by atoms with van der Waals surface area (Å²) < 4.78 is 47.0. The number of anilines is 1. The highest BCUT2D eigenvalue weighted by molar-refractivity contribution is 6.33. The Morgan fingerprint density at radius 1 is 1.16 bits per heavy atom. The molecule has 2 aromatic carbocycles. The summed E-state index contributed by atoms with van der Waals surface area (Å²) in [5, 5.41) is 3.96. The lowest BCUT2D eigenvalue weighted by Crippen LogP contribution is -2.42. The lowest BCUT2D eigenvalue weighted by atomic mass is 9.77. The van der Waals surface area contributed by atoms with Gasteiger partial charge < -0.3 is 23.6 Å². The number of aromatic nitrogens is 2. The fourth-order valence-corrected chi connectivity index (χ4v) is 4.68. The van der Waals surface area contributed by atoms with Crippen LogP contribution in [0, 0.1) is 0 Å². The van der Waals surface area contributed by atoms with E-state index in [0.717, 1.165) is 0 Å². The number of alkyl halides is 2. The molecule has 11 heteroatoms. The average Bonchev–Trinajstić information content (AvgIpc) is 3.51. The molecular formula is C20H12ClF2N3O5. The largest absolute Gasteiger partial charge is 0.491 e. The number of amides is 1. The van der Waals surface area contributed by atoms with E-state index in [2.05, 4.69) is 14.7 Å². The maximum absolute atomic E-state index is 13.8. The molecule has 3 aromatic rings. The second kappa shape index (κ2) is 6.30. The summed E-state index contributed by atoms with van der Waals surface area (Å²) in [4.78, 5) is 18.9. The molecule has 0 saturated carbocycles. The molecule has 1 unspecified atom stereocenters. The Bertz CT molecular complexity index is 1250. The molecule has 3 aliphatic rings. The smallest absolute Gasteiger partial charge is 0.315 e. The number of carbonyl (C=O) groups is 1. The third-order valence-electron chi connectivity index (χ3n) is 5.67. The van der Waals surface area contributed by atoms with E-state index in [4.69, 9.17) is 25.8 Å². The quantitative estimate of drug-likeness (QED) is 0.606. The summed E-state index contributed by atoms with van der Waals surface area (Å²) in [6.45, 7) is -0.0667. The summed E-state index contributed by atoms with van der Waals surface area (Å²) >= 11 is 6.56. The van der Waals surface area contributed by atoms with E-state index in [1.54, 1.807) is 30.3 Å². The molecule has 4 heterocycles. The standard InChI is InChI=1S/C20H12ClF2N3O5/c21-10-2-1-3-11-16(10)20(7-28-12-5-14-13(4-9(12)20)29-8-30-14)19(27)26(11)6-15-24-18(17(22)23)31-25-15/h1-5,17H,6-8H2. The highest BCUT2D eigenvalue weighted by Gasteiger charge is 2.58. The van der Waals surface area contributed by atoms with Gasteiger partial charge in [-0.1, -0.05) is 22.8 Å². The summed E-state index contributed by atoms with van der Waals surface area (Å²) in [5.41, 5.74) is 0.464. The normalized spacial score (nSPS) is 20.5. The second-order valence-electron chi connectivity index (χ2n) is 7.27. The SMILES string of the molecule is O=C1N(Cc2noc(C(F)F)n2)c2cccc(Cl)c2C12COc1cc3c(cc12)OCO3. The minimum Gasteiger partial charge on any atom is -0.491 e. The van der Waals surface area contributed by atoms with Crippen LogP contribution in [0.4, 0.5) is 14.5 Å². The van der Waals surface area contributed by atoms with Crippen LogP contribution in [0.1, 0.15) is 29.3 Å². The van der Waals surface area contributed by atoms with Crippen molar-refractivity contribution in [3.05, 3.63) is 58.2 Å². The first-order valence-electron chi connectivity index (χ1n) is 9.27. The molecule has 0 saturated heterocycles. The van der Waals surface area contributed by atoms with Crippen LogP contribution in [0.25, 0.3) is 0 Å². The van der Waals surface area contributed by atoms with Crippen molar-refractivity contribution in [3.63, 3.8) is 0 Å². The summed E-state index contributed by atoms with van der Waals surface area (Å²) in [6, 6.07) is 8.53. The van der Waals surface area contributed by atoms with Crippen molar-refractivity contribution in [2.45, 2.75) is 18.4 Å². The first-order chi connectivity index (χ1) is 15.0. The molecule has 1 aromatic heterocycles. The van der Waals surface area contributed by atoms with Crippen LogP contribution >= 0.6 is 11.6 Å². The second-order valence-corrected chi connectivity index (χ2v) is 7.68. The van der Waals surface area contributed by atoms with Crippen LogP contribution in [0.3, 0.4) is 0 Å². The van der Waals surface area contributed by atoms with Gasteiger partial charge in [0.2, 0.25) is 12.7 Å². The van der Waals surface area contributed by atoms with Crippen molar-refractivity contribution >= 4 is 23.2 Å². The first-order valence-corrected chi connectivity index (χ1v) is 9.65. The van der Waals surface area contributed by atoms with Gasteiger partial charge in [0.25, 0.3) is 5.89 Å². The number of ether oxygens (including phenoxy) is 3. The summed E-state index contributed by atoms with van der Waals surface area (Å²) in [5.74, 6) is 0.342. The van der Waals surface area contributed by atoms with Gasteiger partial charge in [-0.15, -0.1) is 0 Å². The zero-order valence-electron chi connectivity index (χ0n) is 15.6. The topological polar surface area (TPSA) is 86.9 Å². The van der Waals surface area contributed by atoms with Crippen molar-refractivity contribution in [2.75, 3.05) is 18.3 Å². The van der Waals surface area contributed by atoms with Gasteiger partial charge in [0.05, 0.1) is 12.2 Å². The number of fused-ring (bicyclic) bond motifs is 5. The van der Waals surface area contributed by atoms with Crippen LogP contribution in [0.15, 0.2) is 34.9 Å². The van der Waals surface area contributed by atoms with Gasteiger partial charge >= 0.3 is 6.43 Å². The van der Waals surface area contributed by atoms with Gasteiger partial charge in [-0.3, -0.25) is 4.79 Å². The van der Waals surface area contributed by atoms with Crippen LogP contribution in [0.5, 0.6) is 17.2 Å². The predicted molar refractivity (Wildman–Crippen MR) is 101 cm³/mol. The molecule has 8 nitrogen and oxygen atoms in total. The summed E-state index contributed by atoms with van der Waals surface area (Å²) in [7, 11) is 0. The maximum atomic E-state index is 13.8. The zero-order chi connectivity index (χ0) is 21.3. The molecule has 31 heavy (non-hydrogen) atoms. The Labute approximate surface area is 178 Å². The van der Waals surface area contributed by atoms with E-state index in [9.17, 15) is 13.6 Å². The van der Waals surface area contributed by atoms with Crippen molar-refractivity contribution < 1.29 is 32.3 Å². The molecule has 3 aliphatic heterocycles. The number of carbonyl (C=O) groups excluding carboxylic acids is 1. The van der Waals surface area contributed by atoms with E-state index >= 15 is 0 Å². The Kier molecular flexibility index (Phi) is 3.73. The molecule has 158 valence electrons. The predicted octanol–water partition coefficient (Wildman–Crippen LogP) is 3.61. The fraction of sp³-hybridized carbons (Fsp3) is 0.250. The molecule has 1 spiro atoms. The number of nitrogens with zero attached hydrogens (tertiary/aromatic N) is 3. The van der Waals surface area contributed by atoms with Gasteiger partial charge in [-0.25, -0.2) is 0 Å². The van der Waals surface area contributed by atoms with Crippen molar-refractivity contribution in [2.24, 2.45) is 0 Å². The van der Waals surface area contributed by atoms with Crippen LogP contribution in [-0.4, -0.2) is 29.4 Å². The van der Waals surface area contributed by atoms with Gasteiger partial charge in [-0.2, -0.15) is 13.8 Å². The molecule has 1 atom stereocenters. The minimum atomic E-state index is -2.90. The van der Waals surface area contributed by atoms with E-state index in [1.165, 1.54) is 4.90 Å². The number of halogens is 3. The van der Waals surface area contributed by atoms with E-state index < -0.39 is 17.7 Å². The zero-order valence-corrected chi connectivity index (χ0v) is 16.4. The number of benzene rings is 2. The van der Waals surface area contributed by atoms with Crippen molar-refractivity contribution in [1.82, 2.24) is 10.1 Å². The lowest BCUT2D eigenvalue weighted by Gasteiger charge is -2.23. The van der Waals surface area contributed by atoms with E-state index in [1.807, 2.05) is 0 Å². The van der Waals surface area contributed by atoms with Gasteiger partial charge in [0.1, 0.15) is 17.8 Å². The van der Waals surface area contributed by atoms with Gasteiger partial charge in [0, 0.05) is 22.2 Å². The fourth-order valence-electron chi connectivity index (χ4n) is 4.35. The Morgan fingerprint density at radius 2 is 1.97 bits per heavy atom. The monoisotopic (exact) mass is 447 g/mol. The average molecular weight is 448 g/mol. The van der Waals surface area contributed by atoms with Gasteiger partial charge in [-0.05, 0) is 18.2 Å².